The molecular formula is C20H20BrN3O2S. The Morgan fingerprint density at radius 1 is 1.30 bits per heavy atom. The van der Waals surface area contributed by atoms with E-state index in [-0.39, 0.29) is 11.9 Å². The van der Waals surface area contributed by atoms with Crippen LogP contribution in [-0.4, -0.2) is 22.3 Å². The summed E-state index contributed by atoms with van der Waals surface area (Å²) >= 11 is 5.05. The Bertz CT molecular complexity index is 958. The zero-order valence-corrected chi connectivity index (χ0v) is 17.7. The van der Waals surface area contributed by atoms with Crippen molar-refractivity contribution in [3.63, 3.8) is 0 Å². The molecule has 1 atom stereocenters. The van der Waals surface area contributed by atoms with Crippen molar-refractivity contribution in [1.29, 1.82) is 0 Å². The van der Waals surface area contributed by atoms with Crippen molar-refractivity contribution >= 4 is 33.6 Å². The molecule has 0 aliphatic carbocycles. The van der Waals surface area contributed by atoms with Crippen molar-refractivity contribution in [1.82, 2.24) is 15.5 Å². The van der Waals surface area contributed by atoms with Crippen LogP contribution < -0.4 is 5.32 Å². The number of aryl methyl sites for hydroxylation is 1. The molecule has 1 amide bonds. The summed E-state index contributed by atoms with van der Waals surface area (Å²) in [6.07, 6.45) is 2.65. The number of hydrogen-bond acceptors (Lipinski definition) is 5. The van der Waals surface area contributed by atoms with Crippen LogP contribution >= 0.6 is 27.7 Å². The highest BCUT2D eigenvalue weighted by atomic mass is 79.9. The molecule has 0 saturated heterocycles. The third-order valence-corrected chi connectivity index (χ3v) is 5.45. The zero-order valence-electron chi connectivity index (χ0n) is 15.3. The molecule has 1 N–H and O–H groups in total. The number of hydrogen-bond donors (Lipinski definition) is 1. The molecular weight excluding hydrogens is 426 g/mol. The molecule has 3 aromatic rings. The summed E-state index contributed by atoms with van der Waals surface area (Å²) in [7, 11) is 0. The third-order valence-electron chi connectivity index (χ3n) is 4.23. The molecule has 3 rings (SSSR count). The SMILES string of the molecule is CC[C@@H](NC(=O)c1cc(SC)ccc1C)c1noc(-c2cccc(Br)c2)n1. The maximum Gasteiger partial charge on any atom is 0.258 e. The number of rotatable bonds is 6. The van der Waals surface area contributed by atoms with Crippen LogP contribution in [0, 0.1) is 6.92 Å². The minimum atomic E-state index is -0.320. The van der Waals surface area contributed by atoms with Gasteiger partial charge in [0.25, 0.3) is 11.8 Å². The summed E-state index contributed by atoms with van der Waals surface area (Å²) in [6.45, 7) is 3.91. The largest absolute Gasteiger partial charge is 0.342 e. The Morgan fingerprint density at radius 2 is 2.11 bits per heavy atom. The van der Waals surface area contributed by atoms with Gasteiger partial charge in [0.15, 0.2) is 5.82 Å². The van der Waals surface area contributed by atoms with Crippen LogP contribution in [-0.2, 0) is 0 Å². The summed E-state index contributed by atoms with van der Waals surface area (Å²) in [5.41, 5.74) is 2.42. The van der Waals surface area contributed by atoms with Gasteiger partial charge in [-0.1, -0.05) is 40.1 Å². The Balaban J connectivity index is 1.81. The highest BCUT2D eigenvalue weighted by molar-refractivity contribution is 9.10. The van der Waals surface area contributed by atoms with Gasteiger partial charge >= 0.3 is 0 Å². The van der Waals surface area contributed by atoms with Gasteiger partial charge in [0.1, 0.15) is 0 Å². The van der Waals surface area contributed by atoms with E-state index in [1.54, 1.807) is 11.8 Å². The van der Waals surface area contributed by atoms with Gasteiger partial charge in [-0.15, -0.1) is 11.8 Å². The van der Waals surface area contributed by atoms with Crippen molar-refractivity contribution in [2.24, 2.45) is 0 Å². The van der Waals surface area contributed by atoms with Gasteiger partial charge in [-0.2, -0.15) is 4.98 Å². The Morgan fingerprint density at radius 3 is 2.81 bits per heavy atom. The lowest BCUT2D eigenvalue weighted by atomic mass is 10.1. The fourth-order valence-corrected chi connectivity index (χ4v) is 3.51. The molecule has 0 bridgehead atoms. The van der Waals surface area contributed by atoms with Gasteiger partial charge in [0, 0.05) is 20.5 Å². The molecule has 0 spiro atoms. The van der Waals surface area contributed by atoms with Crippen LogP contribution in [0.5, 0.6) is 0 Å². The van der Waals surface area contributed by atoms with Crippen LogP contribution in [0.2, 0.25) is 0 Å². The summed E-state index contributed by atoms with van der Waals surface area (Å²) < 4.78 is 6.33. The quantitative estimate of drug-likeness (QED) is 0.513. The first-order valence-corrected chi connectivity index (χ1v) is 10.6. The molecule has 1 heterocycles. The molecule has 0 saturated carbocycles. The molecule has 0 aliphatic rings. The van der Waals surface area contributed by atoms with Crippen LogP contribution in [0.25, 0.3) is 11.5 Å². The van der Waals surface area contributed by atoms with E-state index < -0.39 is 0 Å². The fraction of sp³-hybridized carbons (Fsp3) is 0.250. The lowest BCUT2D eigenvalue weighted by Gasteiger charge is -2.15. The van der Waals surface area contributed by atoms with Gasteiger partial charge < -0.3 is 9.84 Å². The second kappa shape index (κ2) is 8.71. The second-order valence-electron chi connectivity index (χ2n) is 6.08. The first-order chi connectivity index (χ1) is 13.0. The standard InChI is InChI=1S/C20H20BrN3O2S/c1-4-17(22-19(25)16-11-15(27-3)9-8-12(16)2)18-23-20(26-24-18)13-6-5-7-14(21)10-13/h5-11,17H,4H2,1-3H3,(H,22,25)/t17-/m1/s1. The average molecular weight is 446 g/mol. The molecule has 0 fully saturated rings. The molecule has 0 aliphatic heterocycles. The van der Waals surface area contributed by atoms with Crippen LogP contribution in [0.1, 0.15) is 41.1 Å². The van der Waals surface area contributed by atoms with Gasteiger partial charge in [-0.3, -0.25) is 4.79 Å². The fourth-order valence-electron chi connectivity index (χ4n) is 2.67. The third kappa shape index (κ3) is 4.59. The summed E-state index contributed by atoms with van der Waals surface area (Å²) in [4.78, 5) is 18.3. The predicted octanol–water partition coefficient (Wildman–Crippen LogP) is 5.41. The summed E-state index contributed by atoms with van der Waals surface area (Å²) in [5.74, 6) is 0.767. The van der Waals surface area contributed by atoms with Crippen LogP contribution in [0.4, 0.5) is 0 Å². The lowest BCUT2D eigenvalue weighted by Crippen LogP contribution is -2.29. The normalized spacial score (nSPS) is 12.0. The Labute approximate surface area is 171 Å². The lowest BCUT2D eigenvalue weighted by molar-refractivity contribution is 0.0932. The number of benzene rings is 2. The number of carbonyl (C=O) groups excluding carboxylic acids is 1. The molecule has 0 unspecified atom stereocenters. The van der Waals surface area contributed by atoms with Crippen LogP contribution in [0.15, 0.2) is 56.4 Å². The topological polar surface area (TPSA) is 68.0 Å². The van der Waals surface area contributed by atoms with E-state index in [9.17, 15) is 4.79 Å². The van der Waals surface area contributed by atoms with Crippen molar-refractivity contribution < 1.29 is 9.32 Å². The maximum absolute atomic E-state index is 12.8. The minimum Gasteiger partial charge on any atom is -0.342 e. The molecule has 5 nitrogen and oxygen atoms in total. The number of nitrogens with zero attached hydrogens (tertiary/aromatic N) is 2. The highest BCUT2D eigenvalue weighted by Crippen LogP contribution is 2.24. The number of thioether (sulfide) groups is 1. The number of carbonyl (C=O) groups is 1. The van der Waals surface area contributed by atoms with Crippen molar-refractivity contribution in [3.8, 4) is 11.5 Å². The summed E-state index contributed by atoms with van der Waals surface area (Å²) in [5, 5.41) is 7.10. The van der Waals surface area contributed by atoms with Crippen molar-refractivity contribution in [2.45, 2.75) is 31.2 Å². The second-order valence-corrected chi connectivity index (χ2v) is 7.88. The van der Waals surface area contributed by atoms with E-state index in [1.807, 2.05) is 62.6 Å². The van der Waals surface area contributed by atoms with E-state index >= 15 is 0 Å². The zero-order chi connectivity index (χ0) is 19.4. The molecule has 0 radical (unpaired) electrons. The first kappa shape index (κ1) is 19.6. The van der Waals surface area contributed by atoms with Crippen molar-refractivity contribution in [3.05, 3.63) is 63.9 Å². The van der Waals surface area contributed by atoms with E-state index in [1.165, 1.54) is 0 Å². The van der Waals surface area contributed by atoms with E-state index in [0.717, 1.165) is 20.5 Å². The van der Waals surface area contributed by atoms with Gasteiger partial charge in [0.05, 0.1) is 6.04 Å². The molecule has 1 aromatic heterocycles. The minimum absolute atomic E-state index is 0.135. The first-order valence-electron chi connectivity index (χ1n) is 8.57. The smallest absolute Gasteiger partial charge is 0.258 e. The van der Waals surface area contributed by atoms with E-state index in [0.29, 0.717) is 23.7 Å². The maximum atomic E-state index is 12.8. The Kier molecular flexibility index (Phi) is 6.34. The predicted molar refractivity (Wildman–Crippen MR) is 111 cm³/mol. The molecule has 7 heteroatoms. The van der Waals surface area contributed by atoms with Crippen molar-refractivity contribution in [2.75, 3.05) is 6.26 Å². The summed E-state index contributed by atoms with van der Waals surface area (Å²) in [6, 6.07) is 13.2. The highest BCUT2D eigenvalue weighted by Gasteiger charge is 2.21. The van der Waals surface area contributed by atoms with Gasteiger partial charge in [-0.25, -0.2) is 0 Å². The number of amides is 1. The molecule has 140 valence electrons. The van der Waals surface area contributed by atoms with E-state index in [2.05, 4.69) is 31.4 Å². The Hall–Kier alpha value is -2.12. The molecule has 2 aromatic carbocycles. The molecule has 27 heavy (non-hydrogen) atoms. The monoisotopic (exact) mass is 445 g/mol. The van der Waals surface area contributed by atoms with Gasteiger partial charge in [-0.05, 0) is 55.5 Å². The number of nitrogens with one attached hydrogen (secondary N) is 1. The van der Waals surface area contributed by atoms with E-state index in [4.69, 9.17) is 4.52 Å². The number of aromatic nitrogens is 2. The van der Waals surface area contributed by atoms with Crippen LogP contribution in [0.3, 0.4) is 0 Å². The number of halogens is 1. The van der Waals surface area contributed by atoms with Gasteiger partial charge in [0.2, 0.25) is 0 Å². The average Bonchev–Trinajstić information content (AvgIpc) is 3.16.